The zero-order valence-electron chi connectivity index (χ0n) is 11.9. The molecule has 1 saturated carbocycles. The fraction of sp³-hybridized carbons (Fsp3) is 0.500. The van der Waals surface area contributed by atoms with Crippen LogP contribution in [-0.2, 0) is 7.05 Å². The molecule has 2 aromatic rings. The molecule has 0 bridgehead atoms. The summed E-state index contributed by atoms with van der Waals surface area (Å²) in [7, 11) is 1.66. The zero-order valence-corrected chi connectivity index (χ0v) is 11.9. The van der Waals surface area contributed by atoms with Gasteiger partial charge in [0.25, 0.3) is 5.56 Å². The van der Waals surface area contributed by atoms with Crippen molar-refractivity contribution in [2.24, 2.45) is 7.05 Å². The van der Waals surface area contributed by atoms with Crippen LogP contribution >= 0.6 is 0 Å². The summed E-state index contributed by atoms with van der Waals surface area (Å²) in [5.41, 5.74) is 6.56. The Labute approximate surface area is 121 Å². The molecule has 2 aromatic heterocycles. The van der Waals surface area contributed by atoms with Gasteiger partial charge in [0, 0.05) is 31.0 Å². The summed E-state index contributed by atoms with van der Waals surface area (Å²) in [5, 5.41) is 13.5. The second-order valence-electron chi connectivity index (χ2n) is 5.58. The maximum absolute atomic E-state index is 11.8. The lowest BCUT2D eigenvalue weighted by molar-refractivity contribution is 0.126. The van der Waals surface area contributed by atoms with E-state index in [9.17, 15) is 9.90 Å². The van der Waals surface area contributed by atoms with Crippen LogP contribution in [0.15, 0.2) is 17.1 Å². The first-order chi connectivity index (χ1) is 10.0. The minimum Gasteiger partial charge on any atom is -0.398 e. The molecule has 1 aliphatic carbocycles. The van der Waals surface area contributed by atoms with Gasteiger partial charge in [-0.1, -0.05) is 0 Å². The highest BCUT2D eigenvalue weighted by molar-refractivity contribution is 5.87. The predicted octanol–water partition coefficient (Wildman–Crippen LogP) is 0.626. The van der Waals surface area contributed by atoms with Gasteiger partial charge >= 0.3 is 0 Å². The van der Waals surface area contributed by atoms with Crippen molar-refractivity contribution < 1.29 is 5.11 Å². The van der Waals surface area contributed by atoms with Crippen LogP contribution in [0.3, 0.4) is 0 Å². The molecule has 0 aliphatic heterocycles. The number of nitrogens with zero attached hydrogens (tertiary/aromatic N) is 3. The molecule has 7 heteroatoms. The van der Waals surface area contributed by atoms with Gasteiger partial charge < -0.3 is 16.2 Å². The summed E-state index contributed by atoms with van der Waals surface area (Å²) in [6.07, 6.45) is 4.79. The van der Waals surface area contributed by atoms with E-state index < -0.39 is 0 Å². The molecule has 0 radical (unpaired) electrons. The normalized spacial score (nSPS) is 22.4. The molecule has 7 nitrogen and oxygen atoms in total. The Morgan fingerprint density at radius 2 is 2.10 bits per heavy atom. The van der Waals surface area contributed by atoms with E-state index in [1.807, 2.05) is 0 Å². The fourth-order valence-corrected chi connectivity index (χ4v) is 2.72. The molecule has 112 valence electrons. The van der Waals surface area contributed by atoms with Crippen molar-refractivity contribution in [3.8, 4) is 0 Å². The smallest absolute Gasteiger partial charge is 0.253 e. The number of aryl methyl sites for hydroxylation is 1. The van der Waals surface area contributed by atoms with E-state index in [1.165, 1.54) is 10.6 Å². The Balaban J connectivity index is 1.90. The summed E-state index contributed by atoms with van der Waals surface area (Å²) in [5.74, 6) is 0.490. The third-order valence-corrected chi connectivity index (χ3v) is 4.04. The second-order valence-corrected chi connectivity index (χ2v) is 5.58. The zero-order chi connectivity index (χ0) is 15.0. The third-order valence-electron chi connectivity index (χ3n) is 4.04. The second kappa shape index (κ2) is 5.33. The van der Waals surface area contributed by atoms with Crippen molar-refractivity contribution in [1.29, 1.82) is 0 Å². The van der Waals surface area contributed by atoms with Gasteiger partial charge in [-0.05, 0) is 25.7 Å². The number of pyridine rings is 1. The number of nitrogen functional groups attached to an aromatic ring is 1. The molecule has 0 amide bonds. The van der Waals surface area contributed by atoms with E-state index in [4.69, 9.17) is 5.73 Å². The molecule has 0 unspecified atom stereocenters. The number of aliphatic hydroxyl groups excluding tert-OH is 1. The lowest BCUT2D eigenvalue weighted by Gasteiger charge is -2.26. The summed E-state index contributed by atoms with van der Waals surface area (Å²) >= 11 is 0. The maximum atomic E-state index is 11.8. The van der Waals surface area contributed by atoms with E-state index in [-0.39, 0.29) is 17.7 Å². The lowest BCUT2D eigenvalue weighted by Crippen LogP contribution is -2.29. The van der Waals surface area contributed by atoms with Crippen LogP contribution < -0.4 is 16.6 Å². The molecule has 0 aromatic carbocycles. The quantitative estimate of drug-likeness (QED) is 0.748. The number of aliphatic hydroxyl groups is 1. The molecule has 1 aliphatic rings. The van der Waals surface area contributed by atoms with Gasteiger partial charge in [-0.15, -0.1) is 0 Å². The molecule has 4 N–H and O–H groups in total. The van der Waals surface area contributed by atoms with Crippen LogP contribution in [0, 0.1) is 0 Å². The fourth-order valence-electron chi connectivity index (χ4n) is 2.72. The number of fused-ring (bicyclic) bond motifs is 1. The van der Waals surface area contributed by atoms with Crippen molar-refractivity contribution >= 4 is 22.7 Å². The summed E-state index contributed by atoms with van der Waals surface area (Å²) in [6.45, 7) is 0. The minimum absolute atomic E-state index is 0.189. The Morgan fingerprint density at radius 3 is 2.81 bits per heavy atom. The number of hydrogen-bond acceptors (Lipinski definition) is 6. The van der Waals surface area contributed by atoms with E-state index in [0.29, 0.717) is 22.7 Å². The molecular formula is C14H19N5O2. The van der Waals surface area contributed by atoms with Crippen LogP contribution in [0.1, 0.15) is 25.7 Å². The first kappa shape index (κ1) is 13.8. The van der Waals surface area contributed by atoms with Gasteiger partial charge in [-0.25, -0.2) is 4.98 Å². The number of nitrogens with two attached hydrogens (primary N) is 1. The van der Waals surface area contributed by atoms with Crippen molar-refractivity contribution in [3.05, 3.63) is 22.6 Å². The molecule has 0 atom stereocenters. The largest absolute Gasteiger partial charge is 0.398 e. The van der Waals surface area contributed by atoms with Crippen molar-refractivity contribution in [2.75, 3.05) is 11.1 Å². The Hall–Kier alpha value is -2.15. The summed E-state index contributed by atoms with van der Waals surface area (Å²) in [6, 6.07) is 1.63. The summed E-state index contributed by atoms with van der Waals surface area (Å²) < 4.78 is 1.46. The van der Waals surface area contributed by atoms with Gasteiger partial charge in [0.05, 0.1) is 11.5 Å². The van der Waals surface area contributed by atoms with Gasteiger partial charge in [-0.3, -0.25) is 9.36 Å². The van der Waals surface area contributed by atoms with Crippen LogP contribution in [-0.4, -0.2) is 31.8 Å². The molecule has 0 saturated heterocycles. The van der Waals surface area contributed by atoms with E-state index >= 15 is 0 Å². The van der Waals surface area contributed by atoms with Gasteiger partial charge in [-0.2, -0.15) is 4.98 Å². The average molecular weight is 289 g/mol. The highest BCUT2D eigenvalue weighted by Crippen LogP contribution is 2.22. The van der Waals surface area contributed by atoms with Crippen molar-refractivity contribution in [3.63, 3.8) is 0 Å². The highest BCUT2D eigenvalue weighted by atomic mass is 16.3. The van der Waals surface area contributed by atoms with E-state index in [1.54, 1.807) is 13.2 Å². The number of hydrogen-bond donors (Lipinski definition) is 3. The van der Waals surface area contributed by atoms with Crippen LogP contribution in [0.25, 0.3) is 11.0 Å². The molecule has 2 heterocycles. The van der Waals surface area contributed by atoms with Crippen molar-refractivity contribution in [2.45, 2.75) is 37.8 Å². The number of aromatic nitrogens is 3. The van der Waals surface area contributed by atoms with Crippen LogP contribution in [0.4, 0.5) is 11.6 Å². The third kappa shape index (κ3) is 2.69. The Kier molecular flexibility index (Phi) is 3.50. The van der Waals surface area contributed by atoms with Gasteiger partial charge in [0.15, 0.2) is 0 Å². The molecule has 1 fully saturated rings. The van der Waals surface area contributed by atoms with Gasteiger partial charge in [0.2, 0.25) is 5.95 Å². The molecule has 3 rings (SSSR count). The minimum atomic E-state index is -0.193. The standard InChI is InChI=1S/C14H19N5O2/c1-19-12(21)6-11(15)10-7-16-14(18-13(10)19)17-8-2-4-9(20)5-3-8/h6-9,20H,2-5,15H2,1H3,(H,16,17,18). The first-order valence-electron chi connectivity index (χ1n) is 7.11. The van der Waals surface area contributed by atoms with E-state index in [0.717, 1.165) is 25.7 Å². The number of rotatable bonds is 2. The van der Waals surface area contributed by atoms with Crippen LogP contribution in [0.2, 0.25) is 0 Å². The Bertz CT molecular complexity index is 719. The topological polar surface area (TPSA) is 106 Å². The first-order valence-corrected chi connectivity index (χ1v) is 7.11. The lowest BCUT2D eigenvalue weighted by atomic mass is 9.93. The van der Waals surface area contributed by atoms with Gasteiger partial charge in [0.1, 0.15) is 5.65 Å². The predicted molar refractivity (Wildman–Crippen MR) is 81.1 cm³/mol. The average Bonchev–Trinajstić information content (AvgIpc) is 2.47. The Morgan fingerprint density at radius 1 is 1.38 bits per heavy atom. The molecule has 21 heavy (non-hydrogen) atoms. The molecule has 0 spiro atoms. The van der Waals surface area contributed by atoms with Crippen LogP contribution in [0.5, 0.6) is 0 Å². The maximum Gasteiger partial charge on any atom is 0.253 e. The summed E-state index contributed by atoms with van der Waals surface area (Å²) in [4.78, 5) is 20.4. The van der Waals surface area contributed by atoms with Crippen molar-refractivity contribution in [1.82, 2.24) is 14.5 Å². The monoisotopic (exact) mass is 289 g/mol. The van der Waals surface area contributed by atoms with E-state index in [2.05, 4.69) is 15.3 Å². The molecular weight excluding hydrogens is 270 g/mol. The SMILES string of the molecule is Cn1c(=O)cc(N)c2cnc(NC3CCC(O)CC3)nc21. The number of anilines is 2. The highest BCUT2D eigenvalue weighted by Gasteiger charge is 2.20. The number of nitrogens with one attached hydrogen (secondary N) is 1.